The van der Waals surface area contributed by atoms with Crippen molar-refractivity contribution >= 4 is 17.5 Å². The third-order valence-corrected chi connectivity index (χ3v) is 12.3. The Kier molecular flexibility index (Phi) is 5.64. The van der Waals surface area contributed by atoms with E-state index in [9.17, 15) is 19.6 Å². The second kappa shape index (κ2) is 7.90. The number of allylic oxidation sites excluding steroid dienone is 4. The van der Waals surface area contributed by atoms with Crippen LogP contribution in [-0.2, 0) is 14.4 Å². The van der Waals surface area contributed by atoms with Crippen molar-refractivity contribution in [2.24, 2.45) is 50.7 Å². The van der Waals surface area contributed by atoms with Crippen molar-refractivity contribution in [3.63, 3.8) is 0 Å². The smallest absolute Gasteiger partial charge is 0.228 e. The fourth-order valence-electron chi connectivity index (χ4n) is 10.1. The van der Waals surface area contributed by atoms with Gasteiger partial charge in [-0.2, -0.15) is 5.26 Å². The van der Waals surface area contributed by atoms with E-state index in [1.165, 1.54) is 0 Å². The predicted octanol–water partition coefficient (Wildman–Crippen LogP) is 5.90. The first kappa shape index (κ1) is 26.4. The van der Waals surface area contributed by atoms with Crippen LogP contribution < -0.4 is 0 Å². The Morgan fingerprint density at radius 2 is 1.65 bits per heavy atom. The van der Waals surface area contributed by atoms with Gasteiger partial charge in [0.05, 0.1) is 11.0 Å². The summed E-state index contributed by atoms with van der Waals surface area (Å²) in [7, 11) is 3.72. The van der Waals surface area contributed by atoms with Gasteiger partial charge in [0.25, 0.3) is 0 Å². The number of ketones is 2. The Morgan fingerprint density at radius 1 is 1.00 bits per heavy atom. The zero-order valence-corrected chi connectivity index (χ0v) is 24.0. The van der Waals surface area contributed by atoms with Crippen LogP contribution in [0.25, 0.3) is 0 Å². The largest absolute Gasteiger partial charge is 0.348 e. The Labute approximate surface area is 222 Å². The lowest BCUT2D eigenvalue weighted by Crippen LogP contribution is -2.66. The van der Waals surface area contributed by atoms with E-state index in [1.54, 1.807) is 4.90 Å². The number of nitriles is 1. The average Bonchev–Trinajstić information content (AvgIpc) is 2.82. The molecule has 0 saturated heterocycles. The van der Waals surface area contributed by atoms with Crippen molar-refractivity contribution in [1.82, 2.24) is 4.90 Å². The predicted molar refractivity (Wildman–Crippen MR) is 143 cm³/mol. The third-order valence-electron chi connectivity index (χ3n) is 12.3. The second-order valence-electron chi connectivity index (χ2n) is 14.8. The summed E-state index contributed by atoms with van der Waals surface area (Å²) in [6.07, 6.45) is 10.1. The number of hydrogen-bond acceptors (Lipinski definition) is 4. The van der Waals surface area contributed by atoms with E-state index in [1.807, 2.05) is 33.2 Å². The number of carbonyl (C=O) groups excluding carboxylic acids is 3. The molecule has 5 rings (SSSR count). The number of nitrogens with zero attached hydrogens (tertiary/aromatic N) is 2. The second-order valence-corrected chi connectivity index (χ2v) is 14.8. The standard InChI is InChI=1S/C32H44N2O3/c1-19-21-9-10-30(5)24(29(21,4)16-20(18-33)26(19)36)15-23(35)25-22-17-28(2,3)11-13-32(22,27(37)34(7)8)14-12-31(25,30)6/h15-16,19,21-22,25H,9-14,17H2,1-8H3/t19-,21-,22?,25?,29-,30+,31+,32-/m0/s1. The molecule has 0 aromatic rings. The van der Waals surface area contributed by atoms with Crippen LogP contribution in [0.1, 0.15) is 86.5 Å². The van der Waals surface area contributed by atoms with E-state index < -0.39 is 10.8 Å². The minimum atomic E-state index is -0.491. The molecular weight excluding hydrogens is 460 g/mol. The number of carbonyl (C=O) groups is 3. The molecule has 0 aromatic heterocycles. The van der Waals surface area contributed by atoms with Gasteiger partial charge in [-0.3, -0.25) is 14.4 Å². The Morgan fingerprint density at radius 3 is 2.27 bits per heavy atom. The zero-order chi connectivity index (χ0) is 27.3. The van der Waals surface area contributed by atoms with Crippen molar-refractivity contribution in [2.45, 2.75) is 86.5 Å². The third kappa shape index (κ3) is 3.23. The molecule has 0 bridgehead atoms. The quantitative estimate of drug-likeness (QED) is 0.445. The molecule has 200 valence electrons. The first-order chi connectivity index (χ1) is 17.1. The van der Waals surface area contributed by atoms with Gasteiger partial charge in [-0.25, -0.2) is 0 Å². The van der Waals surface area contributed by atoms with Crippen LogP contribution in [0.3, 0.4) is 0 Å². The van der Waals surface area contributed by atoms with E-state index in [2.05, 4.69) is 40.7 Å². The van der Waals surface area contributed by atoms with Gasteiger partial charge < -0.3 is 4.90 Å². The van der Waals surface area contributed by atoms with Gasteiger partial charge in [-0.1, -0.05) is 53.2 Å². The summed E-state index contributed by atoms with van der Waals surface area (Å²) in [4.78, 5) is 42.9. The molecule has 5 nitrogen and oxygen atoms in total. The molecule has 5 heteroatoms. The van der Waals surface area contributed by atoms with E-state index in [-0.39, 0.29) is 63.0 Å². The molecule has 0 N–H and O–H groups in total. The molecule has 5 aliphatic rings. The Hall–Kier alpha value is -2.22. The van der Waals surface area contributed by atoms with Gasteiger partial charge in [0, 0.05) is 31.3 Å². The summed E-state index contributed by atoms with van der Waals surface area (Å²) in [6.45, 7) is 13.4. The Bertz CT molecular complexity index is 1190. The molecular formula is C32H44N2O3. The maximum absolute atomic E-state index is 14.4. The van der Waals surface area contributed by atoms with Gasteiger partial charge in [0.2, 0.25) is 5.91 Å². The average molecular weight is 505 g/mol. The maximum atomic E-state index is 14.4. The molecule has 1 amide bonds. The Balaban J connectivity index is 1.69. The summed E-state index contributed by atoms with van der Waals surface area (Å²) in [5, 5.41) is 9.78. The first-order valence-electron chi connectivity index (χ1n) is 14.2. The molecule has 0 heterocycles. The SMILES string of the molecule is C[C@@H]1C(=O)C(C#N)=C[C@]2(C)C3=CC(=O)C4C5CC(C)(C)CC[C@]5(C(=O)N(C)C)CC[C@@]4(C)[C@]3(C)CC[C@@H]12. The fourth-order valence-corrected chi connectivity index (χ4v) is 10.1. The van der Waals surface area contributed by atoms with Crippen molar-refractivity contribution < 1.29 is 14.4 Å². The summed E-state index contributed by atoms with van der Waals surface area (Å²) in [5.41, 5.74) is -0.0175. The number of Topliss-reactive ketones (excluding diaryl/α,β-unsaturated/α-hetero) is 1. The van der Waals surface area contributed by atoms with E-state index in [0.29, 0.717) is 0 Å². The monoisotopic (exact) mass is 504 g/mol. The van der Waals surface area contributed by atoms with E-state index in [0.717, 1.165) is 50.5 Å². The summed E-state index contributed by atoms with van der Waals surface area (Å²) in [6, 6.07) is 2.16. The van der Waals surface area contributed by atoms with Gasteiger partial charge in [0.1, 0.15) is 6.07 Å². The summed E-state index contributed by atoms with van der Waals surface area (Å²) >= 11 is 0. The van der Waals surface area contributed by atoms with Crippen LogP contribution in [0.2, 0.25) is 0 Å². The minimum Gasteiger partial charge on any atom is -0.348 e. The van der Waals surface area contributed by atoms with Crippen molar-refractivity contribution in [1.29, 1.82) is 5.26 Å². The lowest BCUT2D eigenvalue weighted by molar-refractivity contribution is -0.182. The molecule has 5 aliphatic carbocycles. The highest BCUT2D eigenvalue weighted by Crippen LogP contribution is 2.73. The zero-order valence-electron chi connectivity index (χ0n) is 24.0. The molecule has 0 aliphatic heterocycles. The molecule has 0 spiro atoms. The van der Waals surface area contributed by atoms with Crippen molar-refractivity contribution in [2.75, 3.05) is 14.1 Å². The summed E-state index contributed by atoms with van der Waals surface area (Å²) < 4.78 is 0. The highest BCUT2D eigenvalue weighted by molar-refractivity contribution is 6.02. The van der Waals surface area contributed by atoms with Crippen molar-refractivity contribution in [3.8, 4) is 6.07 Å². The molecule has 37 heavy (non-hydrogen) atoms. The number of hydrogen-bond donors (Lipinski definition) is 0. The van der Waals surface area contributed by atoms with Crippen LogP contribution in [0, 0.1) is 62.1 Å². The van der Waals surface area contributed by atoms with E-state index in [4.69, 9.17) is 0 Å². The molecule has 2 unspecified atom stereocenters. The molecule has 8 atom stereocenters. The fraction of sp³-hybridized carbons (Fsp3) is 0.750. The van der Waals surface area contributed by atoms with E-state index >= 15 is 0 Å². The summed E-state index contributed by atoms with van der Waals surface area (Å²) in [5.74, 6) is -0.0151. The molecule has 3 fully saturated rings. The van der Waals surface area contributed by atoms with Gasteiger partial charge in [-0.05, 0) is 79.1 Å². The van der Waals surface area contributed by atoms with Crippen LogP contribution in [-0.4, -0.2) is 36.5 Å². The van der Waals surface area contributed by atoms with Crippen LogP contribution >= 0.6 is 0 Å². The molecule has 0 aromatic carbocycles. The minimum absolute atomic E-state index is 0.0228. The molecule has 3 saturated carbocycles. The highest BCUT2D eigenvalue weighted by atomic mass is 16.2. The van der Waals surface area contributed by atoms with Crippen molar-refractivity contribution in [3.05, 3.63) is 23.3 Å². The normalized spacial score (nSPS) is 46.2. The number of rotatable bonds is 1. The lowest BCUT2D eigenvalue weighted by atomic mass is 9.34. The molecule has 0 radical (unpaired) electrons. The maximum Gasteiger partial charge on any atom is 0.228 e. The number of amides is 1. The van der Waals surface area contributed by atoms with Gasteiger partial charge in [0.15, 0.2) is 11.6 Å². The van der Waals surface area contributed by atoms with Crippen LogP contribution in [0.4, 0.5) is 0 Å². The van der Waals surface area contributed by atoms with Crippen LogP contribution in [0.5, 0.6) is 0 Å². The van der Waals surface area contributed by atoms with Gasteiger partial charge >= 0.3 is 0 Å². The van der Waals surface area contributed by atoms with Crippen LogP contribution in [0.15, 0.2) is 23.3 Å². The number of fused-ring (bicyclic) bond motifs is 7. The van der Waals surface area contributed by atoms with Gasteiger partial charge in [-0.15, -0.1) is 0 Å². The lowest BCUT2D eigenvalue weighted by Gasteiger charge is -2.68. The highest BCUT2D eigenvalue weighted by Gasteiger charge is 2.70. The topological polar surface area (TPSA) is 78.2 Å². The first-order valence-corrected chi connectivity index (χ1v) is 14.2.